The van der Waals surface area contributed by atoms with E-state index in [0.29, 0.717) is 0 Å². The zero-order valence-corrected chi connectivity index (χ0v) is 32.6. The van der Waals surface area contributed by atoms with Gasteiger partial charge in [-0.3, -0.25) is 0 Å². The Hall–Kier alpha value is -6.38. The Bertz CT molecular complexity index is 2810. The highest BCUT2D eigenvalue weighted by Crippen LogP contribution is 2.60. The molecule has 8 aromatic rings. The molecule has 2 heteroatoms. The first-order chi connectivity index (χ1) is 28.0. The van der Waals surface area contributed by atoms with Gasteiger partial charge >= 0.3 is 0 Å². The van der Waals surface area contributed by atoms with Crippen molar-refractivity contribution in [1.29, 1.82) is 0 Å². The van der Waals surface area contributed by atoms with Crippen LogP contribution in [0.15, 0.2) is 170 Å². The molecular weight excluding hydrogens is 689 g/mol. The minimum atomic E-state index is -0.0143. The van der Waals surface area contributed by atoms with Crippen LogP contribution in [0.4, 0.5) is 0 Å². The molecule has 1 saturated carbocycles. The lowest BCUT2D eigenvalue weighted by atomic mass is 9.67. The highest BCUT2D eigenvalue weighted by molar-refractivity contribution is 5.91. The number of fused-ring (bicyclic) bond motifs is 8. The molecule has 274 valence electrons. The van der Waals surface area contributed by atoms with E-state index in [0.717, 1.165) is 45.0 Å². The number of aromatic nitrogens is 2. The Morgan fingerprint density at radius 1 is 0.333 bits per heavy atom. The molecule has 11 rings (SSSR count). The van der Waals surface area contributed by atoms with Gasteiger partial charge in [-0.15, -0.1) is 0 Å². The first kappa shape index (κ1) is 33.9. The Balaban J connectivity index is 1.03. The third kappa shape index (κ3) is 5.31. The maximum Gasteiger partial charge on any atom is 0.0973 e. The summed E-state index contributed by atoms with van der Waals surface area (Å²) >= 11 is 0. The second-order valence-electron chi connectivity index (χ2n) is 16.8. The number of rotatable bonds is 5. The normalized spacial score (nSPS) is 15.5. The molecule has 0 aliphatic heterocycles. The molecule has 0 saturated heterocycles. The van der Waals surface area contributed by atoms with Gasteiger partial charge in [-0.1, -0.05) is 185 Å². The SMILES string of the molecule is CC1(C)c2ccccc2-c2cc3c(cc21)-c1ccc(-c2ccc(-c4nc(-c5ccccc5)c(-c5ccccc5)nc4-c4ccccc4)cc2)cc1C31CCCCC1. The summed E-state index contributed by atoms with van der Waals surface area (Å²) in [6.45, 7) is 4.80. The first-order valence-corrected chi connectivity index (χ1v) is 20.6. The summed E-state index contributed by atoms with van der Waals surface area (Å²) in [5, 5.41) is 0. The lowest BCUT2D eigenvalue weighted by Gasteiger charge is -2.36. The molecule has 1 spiro atoms. The van der Waals surface area contributed by atoms with Gasteiger partial charge in [0.2, 0.25) is 0 Å². The van der Waals surface area contributed by atoms with E-state index in [4.69, 9.17) is 9.97 Å². The molecular formula is C55H44N2. The van der Waals surface area contributed by atoms with Crippen LogP contribution in [0.25, 0.3) is 78.4 Å². The summed E-state index contributed by atoms with van der Waals surface area (Å²) in [4.78, 5) is 10.9. The highest BCUT2D eigenvalue weighted by atomic mass is 14.9. The number of hydrogen-bond donors (Lipinski definition) is 0. The van der Waals surface area contributed by atoms with Crippen LogP contribution in [0.3, 0.4) is 0 Å². The predicted molar refractivity (Wildman–Crippen MR) is 236 cm³/mol. The predicted octanol–water partition coefficient (Wildman–Crippen LogP) is 14.3. The Morgan fingerprint density at radius 3 is 1.33 bits per heavy atom. The van der Waals surface area contributed by atoms with Crippen molar-refractivity contribution < 1.29 is 0 Å². The second kappa shape index (κ2) is 13.1. The van der Waals surface area contributed by atoms with E-state index >= 15 is 0 Å². The second-order valence-corrected chi connectivity index (χ2v) is 16.8. The third-order valence-corrected chi connectivity index (χ3v) is 13.3. The molecule has 3 aliphatic rings. The molecule has 7 aromatic carbocycles. The number of benzene rings is 7. The molecule has 3 aliphatic carbocycles. The average molecular weight is 733 g/mol. The van der Waals surface area contributed by atoms with Gasteiger partial charge in [0.05, 0.1) is 22.8 Å². The van der Waals surface area contributed by atoms with Crippen LogP contribution in [0, 0.1) is 0 Å². The van der Waals surface area contributed by atoms with Crippen molar-refractivity contribution in [2.75, 3.05) is 0 Å². The summed E-state index contributed by atoms with van der Waals surface area (Å²) in [5.74, 6) is 0. The van der Waals surface area contributed by atoms with Crippen LogP contribution >= 0.6 is 0 Å². The summed E-state index contributed by atoms with van der Waals surface area (Å²) < 4.78 is 0. The van der Waals surface area contributed by atoms with Crippen molar-refractivity contribution in [1.82, 2.24) is 9.97 Å². The molecule has 1 aromatic heterocycles. The number of nitrogens with zero attached hydrogens (tertiary/aromatic N) is 2. The molecule has 1 fully saturated rings. The minimum Gasteiger partial charge on any atom is -0.243 e. The lowest BCUT2D eigenvalue weighted by Crippen LogP contribution is -2.28. The van der Waals surface area contributed by atoms with Gasteiger partial charge < -0.3 is 0 Å². The van der Waals surface area contributed by atoms with E-state index in [-0.39, 0.29) is 10.8 Å². The third-order valence-electron chi connectivity index (χ3n) is 13.3. The highest BCUT2D eigenvalue weighted by Gasteiger charge is 2.46. The first-order valence-electron chi connectivity index (χ1n) is 20.6. The van der Waals surface area contributed by atoms with Crippen LogP contribution in [-0.4, -0.2) is 9.97 Å². The summed E-state index contributed by atoms with van der Waals surface area (Å²) in [6.07, 6.45) is 6.29. The van der Waals surface area contributed by atoms with E-state index in [1.165, 1.54) is 82.2 Å². The molecule has 0 N–H and O–H groups in total. The largest absolute Gasteiger partial charge is 0.243 e. The van der Waals surface area contributed by atoms with Gasteiger partial charge in [0.15, 0.2) is 0 Å². The molecule has 1 heterocycles. The van der Waals surface area contributed by atoms with Gasteiger partial charge in [0.1, 0.15) is 0 Å². The molecule has 0 atom stereocenters. The smallest absolute Gasteiger partial charge is 0.0973 e. The van der Waals surface area contributed by atoms with Crippen LogP contribution < -0.4 is 0 Å². The minimum absolute atomic E-state index is 0.0143. The Labute approximate surface area is 336 Å². The maximum absolute atomic E-state index is 5.48. The van der Waals surface area contributed by atoms with Crippen LogP contribution in [0.2, 0.25) is 0 Å². The zero-order valence-electron chi connectivity index (χ0n) is 32.6. The summed E-state index contributed by atoms with van der Waals surface area (Å²) in [7, 11) is 0. The summed E-state index contributed by atoms with van der Waals surface area (Å²) in [6, 6.07) is 62.0. The zero-order chi connectivity index (χ0) is 38.1. The Kier molecular flexibility index (Phi) is 7.80. The number of hydrogen-bond acceptors (Lipinski definition) is 2. The van der Waals surface area contributed by atoms with E-state index in [1.54, 1.807) is 5.56 Å². The molecule has 0 amide bonds. The quantitative estimate of drug-likeness (QED) is 0.176. The lowest BCUT2D eigenvalue weighted by molar-refractivity contribution is 0.353. The summed E-state index contributed by atoms with van der Waals surface area (Å²) in [5.41, 5.74) is 22.0. The Morgan fingerprint density at radius 2 is 0.754 bits per heavy atom. The van der Waals surface area contributed by atoms with E-state index in [1.807, 2.05) is 6.07 Å². The van der Waals surface area contributed by atoms with Crippen molar-refractivity contribution >= 4 is 0 Å². The van der Waals surface area contributed by atoms with Gasteiger partial charge in [-0.25, -0.2) is 9.97 Å². The molecule has 0 unspecified atom stereocenters. The maximum atomic E-state index is 5.48. The molecule has 0 bridgehead atoms. The molecule has 0 radical (unpaired) electrons. The van der Waals surface area contributed by atoms with Crippen molar-refractivity contribution in [3.63, 3.8) is 0 Å². The van der Waals surface area contributed by atoms with Gasteiger partial charge in [0, 0.05) is 33.1 Å². The van der Waals surface area contributed by atoms with Crippen molar-refractivity contribution in [3.8, 4) is 78.4 Å². The van der Waals surface area contributed by atoms with Crippen LogP contribution in [0.5, 0.6) is 0 Å². The van der Waals surface area contributed by atoms with Crippen molar-refractivity contribution in [2.24, 2.45) is 0 Å². The fraction of sp³-hybridized carbons (Fsp3) is 0.164. The van der Waals surface area contributed by atoms with Crippen LogP contribution in [-0.2, 0) is 10.8 Å². The average Bonchev–Trinajstić information content (AvgIpc) is 3.66. The fourth-order valence-electron chi connectivity index (χ4n) is 10.4. The van der Waals surface area contributed by atoms with E-state index < -0.39 is 0 Å². The van der Waals surface area contributed by atoms with Gasteiger partial charge in [-0.05, 0) is 86.7 Å². The van der Waals surface area contributed by atoms with Crippen molar-refractivity contribution in [2.45, 2.75) is 56.8 Å². The monoisotopic (exact) mass is 732 g/mol. The standard InChI is InChI=1S/C55H44N2/c1-54(2)46-24-14-13-23-42(46)44-35-49-45(34-47(44)54)43-30-29-41(33-48(43)55(49)31-15-6-16-32-55)36-25-27-40(28-26-36)53-52(39-21-11-5-12-22-39)56-50(37-17-7-3-8-18-37)51(57-53)38-19-9-4-10-20-38/h3-5,7-14,17-30,33-35H,6,15-16,31-32H2,1-2H3. The van der Waals surface area contributed by atoms with E-state index in [2.05, 4.69) is 178 Å². The topological polar surface area (TPSA) is 25.8 Å². The van der Waals surface area contributed by atoms with Gasteiger partial charge in [0.25, 0.3) is 0 Å². The van der Waals surface area contributed by atoms with Crippen molar-refractivity contribution in [3.05, 3.63) is 192 Å². The van der Waals surface area contributed by atoms with Crippen LogP contribution in [0.1, 0.15) is 68.2 Å². The molecule has 2 nitrogen and oxygen atoms in total. The van der Waals surface area contributed by atoms with Gasteiger partial charge in [-0.2, -0.15) is 0 Å². The molecule has 57 heavy (non-hydrogen) atoms. The van der Waals surface area contributed by atoms with E-state index in [9.17, 15) is 0 Å². The fourth-order valence-corrected chi connectivity index (χ4v) is 10.4.